The van der Waals surface area contributed by atoms with Gasteiger partial charge in [-0.2, -0.15) is 0 Å². The number of amides is 4. The molecule has 8 aromatic rings. The van der Waals surface area contributed by atoms with Crippen molar-refractivity contribution in [2.75, 3.05) is 15.5 Å². The molecule has 0 saturated heterocycles. The molecule has 0 fully saturated rings. The maximum Gasteiger partial charge on any atom is 0.266 e. The molecule has 10 rings (SSSR count). The number of nitrogen functional groups attached to an aromatic ring is 1. The Balaban J connectivity index is 1.07. The second kappa shape index (κ2) is 14.8. The second-order valence-electron chi connectivity index (χ2n) is 16.1. The monoisotopic (exact) mass is 805 g/mol. The third kappa shape index (κ3) is 6.48. The molecule has 62 heavy (non-hydrogen) atoms. The summed E-state index contributed by atoms with van der Waals surface area (Å²) >= 11 is 0. The molecule has 0 aromatic heterocycles. The highest BCUT2D eigenvalue weighted by Crippen LogP contribution is 2.45. The van der Waals surface area contributed by atoms with Gasteiger partial charge in [0.2, 0.25) is 0 Å². The molecule has 2 aliphatic heterocycles. The van der Waals surface area contributed by atoms with Crippen molar-refractivity contribution < 1.29 is 19.2 Å². The lowest BCUT2D eigenvalue weighted by Crippen LogP contribution is -2.30. The van der Waals surface area contributed by atoms with Gasteiger partial charge in [-0.25, -0.2) is 9.80 Å². The van der Waals surface area contributed by atoms with Crippen LogP contribution < -0.4 is 15.5 Å². The molecule has 2 N–H and O–H groups in total. The Kier molecular flexibility index (Phi) is 9.11. The average Bonchev–Trinajstić information content (AvgIpc) is 3.69. The van der Waals surface area contributed by atoms with E-state index < -0.39 is 5.91 Å². The number of rotatable bonds is 7. The molecule has 7 nitrogen and oxygen atoms in total. The van der Waals surface area contributed by atoms with Gasteiger partial charge in [0.05, 0.1) is 33.6 Å². The largest absolute Gasteiger partial charge is 0.399 e. The summed E-state index contributed by atoms with van der Waals surface area (Å²) in [6.45, 7) is 6.07. The molecular weight excluding hydrogens is 767 g/mol. The number of aryl methyl sites for hydroxylation is 3. The molecule has 8 aromatic carbocycles. The smallest absolute Gasteiger partial charge is 0.266 e. The van der Waals surface area contributed by atoms with Crippen LogP contribution in [0.3, 0.4) is 0 Å². The summed E-state index contributed by atoms with van der Waals surface area (Å²) in [7, 11) is 0. The van der Waals surface area contributed by atoms with Crippen LogP contribution >= 0.6 is 0 Å². The zero-order chi connectivity index (χ0) is 42.8. The van der Waals surface area contributed by atoms with E-state index >= 15 is 0 Å². The predicted molar refractivity (Wildman–Crippen MR) is 247 cm³/mol. The highest BCUT2D eigenvalue weighted by atomic mass is 16.2. The van der Waals surface area contributed by atoms with Crippen LogP contribution in [0.15, 0.2) is 170 Å². The first-order chi connectivity index (χ1) is 30.0. The normalized spacial score (nSPS) is 13.2. The van der Waals surface area contributed by atoms with Crippen molar-refractivity contribution in [1.82, 2.24) is 0 Å². The number of benzene rings is 8. The van der Waals surface area contributed by atoms with Crippen molar-refractivity contribution in [3.05, 3.63) is 209 Å². The van der Waals surface area contributed by atoms with Gasteiger partial charge in [-0.3, -0.25) is 19.2 Å². The van der Waals surface area contributed by atoms with E-state index in [1.165, 1.54) is 9.80 Å². The molecule has 7 heteroatoms. The minimum absolute atomic E-state index is 0.341. The standard InChI is InChI=1S/C55H39N3O4/c1-32-4-10-35(11-5-32)40-21-27-45-50(29-40)55(62)58(53(45)60)51-31-47(37-12-6-33(2)7-13-37)46(30-48(51)39-14-8-34(3)9-15-39)38-18-24-43(25-19-38)57-52(59)44-26-20-41(28-49(44)54(57)61)36-16-22-42(56)23-17-36/h4-31H,56H2,1-3H3. The third-order valence-electron chi connectivity index (χ3n) is 11.9. The molecular formula is C55H39N3O4. The Morgan fingerprint density at radius 1 is 0.306 bits per heavy atom. The van der Waals surface area contributed by atoms with Gasteiger partial charge >= 0.3 is 0 Å². The number of carbonyl (C=O) groups excluding carboxylic acids is 4. The molecule has 2 aliphatic rings. The summed E-state index contributed by atoms with van der Waals surface area (Å²) in [5.41, 5.74) is 20.5. The number of carbonyl (C=O) groups is 4. The van der Waals surface area contributed by atoms with Gasteiger partial charge in [0.15, 0.2) is 0 Å². The summed E-state index contributed by atoms with van der Waals surface area (Å²) in [6.07, 6.45) is 0. The molecule has 0 spiro atoms. The van der Waals surface area contributed by atoms with Crippen LogP contribution in [-0.4, -0.2) is 23.6 Å². The number of fused-ring (bicyclic) bond motifs is 2. The van der Waals surface area contributed by atoms with Gasteiger partial charge in [-0.05, 0) is 132 Å². The van der Waals surface area contributed by atoms with E-state index in [0.29, 0.717) is 44.9 Å². The zero-order valence-corrected chi connectivity index (χ0v) is 34.3. The summed E-state index contributed by atoms with van der Waals surface area (Å²) in [4.78, 5) is 59.2. The van der Waals surface area contributed by atoms with Crippen LogP contribution in [0.2, 0.25) is 0 Å². The molecule has 0 aliphatic carbocycles. The van der Waals surface area contributed by atoms with E-state index in [0.717, 1.165) is 66.8 Å². The minimum atomic E-state index is -0.395. The number of nitrogens with zero attached hydrogens (tertiary/aromatic N) is 2. The summed E-state index contributed by atoms with van der Waals surface area (Å²) in [5, 5.41) is 0. The van der Waals surface area contributed by atoms with Gasteiger partial charge in [0.1, 0.15) is 0 Å². The fraction of sp³-hybridized carbons (Fsp3) is 0.0545. The Hall–Kier alpha value is -8.16. The van der Waals surface area contributed by atoms with E-state index in [-0.39, 0.29) is 17.7 Å². The molecule has 0 saturated carbocycles. The first-order valence-corrected chi connectivity index (χ1v) is 20.4. The molecule has 2 heterocycles. The molecule has 0 atom stereocenters. The highest BCUT2D eigenvalue weighted by molar-refractivity contribution is 6.36. The molecule has 298 valence electrons. The number of hydrogen-bond acceptors (Lipinski definition) is 5. The minimum Gasteiger partial charge on any atom is -0.399 e. The lowest BCUT2D eigenvalue weighted by atomic mass is 9.89. The van der Waals surface area contributed by atoms with E-state index in [2.05, 4.69) is 0 Å². The van der Waals surface area contributed by atoms with Crippen molar-refractivity contribution in [1.29, 1.82) is 0 Å². The fourth-order valence-corrected chi connectivity index (χ4v) is 8.45. The van der Waals surface area contributed by atoms with Gasteiger partial charge in [-0.15, -0.1) is 0 Å². The van der Waals surface area contributed by atoms with Gasteiger partial charge in [0.25, 0.3) is 23.6 Å². The Labute approximate surface area is 359 Å². The van der Waals surface area contributed by atoms with Crippen molar-refractivity contribution >= 4 is 40.7 Å². The number of imide groups is 2. The Morgan fingerprint density at radius 3 is 1.16 bits per heavy atom. The van der Waals surface area contributed by atoms with E-state index in [1.54, 1.807) is 42.5 Å². The first kappa shape index (κ1) is 38.1. The van der Waals surface area contributed by atoms with Crippen LogP contribution in [-0.2, 0) is 0 Å². The zero-order valence-electron chi connectivity index (χ0n) is 34.3. The SMILES string of the molecule is Cc1ccc(-c2ccc3c(c2)C(=O)N(c2cc(-c4ccc(C)cc4)c(-c4ccc(N5C(=O)c6ccc(-c7ccc(N)cc7)cc6C5=O)cc4)cc2-c2ccc(C)cc2)C3=O)cc1. The average molecular weight is 806 g/mol. The summed E-state index contributed by atoms with van der Waals surface area (Å²) < 4.78 is 0. The van der Waals surface area contributed by atoms with Crippen LogP contribution in [0.25, 0.3) is 55.6 Å². The van der Waals surface area contributed by atoms with E-state index in [4.69, 9.17) is 5.73 Å². The van der Waals surface area contributed by atoms with Gasteiger partial charge in [0, 0.05) is 11.3 Å². The summed E-state index contributed by atoms with van der Waals surface area (Å²) in [5.74, 6) is -1.56. The predicted octanol–water partition coefficient (Wildman–Crippen LogP) is 12.1. The van der Waals surface area contributed by atoms with Crippen LogP contribution in [0, 0.1) is 20.8 Å². The molecule has 4 amide bonds. The maximum absolute atomic E-state index is 14.6. The van der Waals surface area contributed by atoms with Gasteiger partial charge < -0.3 is 5.73 Å². The molecule has 0 bridgehead atoms. The van der Waals surface area contributed by atoms with Crippen molar-refractivity contribution in [3.63, 3.8) is 0 Å². The van der Waals surface area contributed by atoms with Crippen molar-refractivity contribution in [3.8, 4) is 55.6 Å². The number of hydrogen-bond donors (Lipinski definition) is 1. The molecule has 0 radical (unpaired) electrons. The third-order valence-corrected chi connectivity index (χ3v) is 11.9. The Morgan fingerprint density at radius 2 is 0.661 bits per heavy atom. The lowest BCUT2D eigenvalue weighted by molar-refractivity contribution is 0.0910. The first-order valence-electron chi connectivity index (χ1n) is 20.4. The van der Waals surface area contributed by atoms with Crippen LogP contribution in [0.4, 0.5) is 17.1 Å². The van der Waals surface area contributed by atoms with E-state index in [9.17, 15) is 19.2 Å². The Bertz CT molecular complexity index is 3150. The lowest BCUT2D eigenvalue weighted by Gasteiger charge is -2.23. The second-order valence-corrected chi connectivity index (χ2v) is 16.1. The molecule has 0 unspecified atom stereocenters. The quantitative estimate of drug-likeness (QED) is 0.128. The van der Waals surface area contributed by atoms with Crippen LogP contribution in [0.1, 0.15) is 58.1 Å². The van der Waals surface area contributed by atoms with Crippen molar-refractivity contribution in [2.45, 2.75) is 20.8 Å². The number of nitrogens with two attached hydrogens (primary N) is 1. The van der Waals surface area contributed by atoms with E-state index in [1.807, 2.05) is 148 Å². The fourth-order valence-electron chi connectivity index (χ4n) is 8.45. The van der Waals surface area contributed by atoms with Crippen LogP contribution in [0.5, 0.6) is 0 Å². The summed E-state index contributed by atoms with van der Waals surface area (Å²) in [6, 6.07) is 53.7. The topological polar surface area (TPSA) is 101 Å². The number of anilines is 3. The maximum atomic E-state index is 14.6. The van der Waals surface area contributed by atoms with Crippen molar-refractivity contribution in [2.24, 2.45) is 0 Å². The highest BCUT2D eigenvalue weighted by Gasteiger charge is 2.39. The van der Waals surface area contributed by atoms with Gasteiger partial charge in [-0.1, -0.05) is 126 Å².